The lowest BCUT2D eigenvalue weighted by Crippen LogP contribution is -2.31. The quantitative estimate of drug-likeness (QED) is 0.564. The van der Waals surface area contributed by atoms with Gasteiger partial charge in [0.25, 0.3) is 5.91 Å². The van der Waals surface area contributed by atoms with Crippen molar-refractivity contribution in [3.63, 3.8) is 0 Å². The Labute approximate surface area is 184 Å². The Balaban J connectivity index is 1.22. The fraction of sp³-hybridized carbons (Fsp3) is 0.480. The van der Waals surface area contributed by atoms with Gasteiger partial charge in [-0.05, 0) is 55.4 Å². The summed E-state index contributed by atoms with van der Waals surface area (Å²) < 4.78 is 5.15. The van der Waals surface area contributed by atoms with Crippen LogP contribution in [0.2, 0.25) is 0 Å². The summed E-state index contributed by atoms with van der Waals surface area (Å²) in [4.78, 5) is 23.7. The van der Waals surface area contributed by atoms with Gasteiger partial charge in [0, 0.05) is 32.4 Å². The van der Waals surface area contributed by atoms with Crippen LogP contribution in [0.5, 0.6) is 0 Å². The van der Waals surface area contributed by atoms with Gasteiger partial charge in [-0.3, -0.25) is 4.79 Å². The number of aryl methyl sites for hydroxylation is 1. The Morgan fingerprint density at radius 2 is 1.84 bits per heavy atom. The maximum absolute atomic E-state index is 12.0. The predicted octanol–water partition coefficient (Wildman–Crippen LogP) is 4.85. The summed E-state index contributed by atoms with van der Waals surface area (Å²) in [5, 5.41) is 4.12. The molecule has 2 aromatic heterocycles. The highest BCUT2D eigenvalue weighted by molar-refractivity contribution is 5.91. The van der Waals surface area contributed by atoms with E-state index in [0.717, 1.165) is 47.8 Å². The third-order valence-corrected chi connectivity index (χ3v) is 6.33. The Kier molecular flexibility index (Phi) is 6.85. The first-order chi connectivity index (χ1) is 15.1. The molecule has 164 valence electrons. The molecule has 0 spiro atoms. The van der Waals surface area contributed by atoms with Gasteiger partial charge in [0.05, 0.1) is 11.8 Å². The number of hydrogen-bond donors (Lipinski definition) is 1. The summed E-state index contributed by atoms with van der Waals surface area (Å²) in [6.45, 7) is 0.741. The van der Waals surface area contributed by atoms with Crippen molar-refractivity contribution < 1.29 is 9.21 Å². The molecule has 6 heteroatoms. The van der Waals surface area contributed by atoms with Crippen LogP contribution in [-0.2, 0) is 6.42 Å². The molecular formula is C25H32N4O2. The van der Waals surface area contributed by atoms with Crippen LogP contribution in [0.3, 0.4) is 0 Å². The number of carbonyl (C=O) groups excluding carboxylic acids is 1. The highest BCUT2D eigenvalue weighted by Crippen LogP contribution is 2.32. The molecule has 0 atom stereocenters. The minimum absolute atomic E-state index is 0.111. The summed E-state index contributed by atoms with van der Waals surface area (Å²) in [7, 11) is 4.07. The summed E-state index contributed by atoms with van der Waals surface area (Å²) >= 11 is 0. The smallest absolute Gasteiger partial charge is 0.286 e. The number of para-hydroxylation sites is 1. The number of amides is 1. The van der Waals surface area contributed by atoms with E-state index in [1.807, 2.05) is 26.2 Å². The van der Waals surface area contributed by atoms with Crippen molar-refractivity contribution in [1.82, 2.24) is 15.3 Å². The molecule has 1 N–H and O–H groups in total. The SMILES string of the molecule is CN(C)c1nc(CCCC2CCC(CNC(=O)c3ccco3)CC2)nc2ccccc12. The van der Waals surface area contributed by atoms with Crippen LogP contribution in [0.25, 0.3) is 10.9 Å². The second-order valence-corrected chi connectivity index (χ2v) is 8.84. The van der Waals surface area contributed by atoms with Crippen molar-refractivity contribution in [1.29, 1.82) is 0 Å². The molecule has 2 heterocycles. The lowest BCUT2D eigenvalue weighted by molar-refractivity contribution is 0.0913. The molecule has 1 fully saturated rings. The summed E-state index contributed by atoms with van der Waals surface area (Å²) in [6, 6.07) is 11.7. The molecule has 1 amide bonds. The Morgan fingerprint density at radius 1 is 1.06 bits per heavy atom. The number of aromatic nitrogens is 2. The zero-order valence-electron chi connectivity index (χ0n) is 18.5. The van der Waals surface area contributed by atoms with E-state index in [-0.39, 0.29) is 5.91 Å². The molecule has 4 rings (SSSR count). The Hall–Kier alpha value is -2.89. The first-order valence-electron chi connectivity index (χ1n) is 11.3. The van der Waals surface area contributed by atoms with E-state index >= 15 is 0 Å². The van der Waals surface area contributed by atoms with Crippen LogP contribution in [0.4, 0.5) is 5.82 Å². The van der Waals surface area contributed by atoms with E-state index in [0.29, 0.717) is 11.7 Å². The van der Waals surface area contributed by atoms with Gasteiger partial charge in [0.15, 0.2) is 5.76 Å². The van der Waals surface area contributed by atoms with Crippen LogP contribution < -0.4 is 10.2 Å². The molecule has 0 radical (unpaired) electrons. The second-order valence-electron chi connectivity index (χ2n) is 8.84. The van der Waals surface area contributed by atoms with Crippen LogP contribution >= 0.6 is 0 Å². The molecule has 0 unspecified atom stereocenters. The number of hydrogen-bond acceptors (Lipinski definition) is 5. The topological polar surface area (TPSA) is 71.3 Å². The zero-order chi connectivity index (χ0) is 21.6. The number of furan rings is 1. The van der Waals surface area contributed by atoms with Crippen molar-refractivity contribution in [3.8, 4) is 0 Å². The third-order valence-electron chi connectivity index (χ3n) is 6.33. The zero-order valence-corrected chi connectivity index (χ0v) is 18.5. The van der Waals surface area contributed by atoms with Gasteiger partial charge >= 0.3 is 0 Å². The number of nitrogens with one attached hydrogen (secondary N) is 1. The van der Waals surface area contributed by atoms with Gasteiger partial charge in [0.1, 0.15) is 11.6 Å². The number of rotatable bonds is 8. The molecular weight excluding hydrogens is 388 g/mol. The van der Waals surface area contributed by atoms with Crippen LogP contribution in [-0.4, -0.2) is 36.5 Å². The van der Waals surface area contributed by atoms with Gasteiger partial charge in [0.2, 0.25) is 0 Å². The summed E-state index contributed by atoms with van der Waals surface area (Å²) in [6.07, 6.45) is 9.64. The molecule has 0 saturated heterocycles. The number of carbonyl (C=O) groups is 1. The summed E-state index contributed by atoms with van der Waals surface area (Å²) in [5.41, 5.74) is 1.02. The fourth-order valence-electron chi connectivity index (χ4n) is 4.56. The van der Waals surface area contributed by atoms with Crippen molar-refractivity contribution in [2.24, 2.45) is 11.8 Å². The first-order valence-corrected chi connectivity index (χ1v) is 11.3. The van der Waals surface area contributed by atoms with Crippen LogP contribution in [0.1, 0.15) is 54.9 Å². The highest BCUT2D eigenvalue weighted by Gasteiger charge is 2.22. The van der Waals surface area contributed by atoms with Crippen molar-refractivity contribution in [3.05, 3.63) is 54.2 Å². The molecule has 1 saturated carbocycles. The average Bonchev–Trinajstić information content (AvgIpc) is 3.33. The van der Waals surface area contributed by atoms with E-state index in [2.05, 4.69) is 22.3 Å². The fourth-order valence-corrected chi connectivity index (χ4v) is 4.56. The maximum atomic E-state index is 12.0. The molecule has 1 aliphatic carbocycles. The normalized spacial score (nSPS) is 18.8. The van der Waals surface area contributed by atoms with Gasteiger partial charge in [-0.2, -0.15) is 0 Å². The van der Waals surface area contributed by atoms with E-state index in [1.54, 1.807) is 12.1 Å². The maximum Gasteiger partial charge on any atom is 0.286 e. The average molecular weight is 421 g/mol. The predicted molar refractivity (Wildman–Crippen MR) is 123 cm³/mol. The van der Waals surface area contributed by atoms with Gasteiger partial charge in [-0.15, -0.1) is 0 Å². The van der Waals surface area contributed by atoms with Crippen molar-refractivity contribution >= 4 is 22.6 Å². The van der Waals surface area contributed by atoms with Crippen molar-refractivity contribution in [2.45, 2.75) is 44.9 Å². The second kappa shape index (κ2) is 9.94. The number of nitrogens with zero attached hydrogens (tertiary/aromatic N) is 3. The molecule has 31 heavy (non-hydrogen) atoms. The molecule has 0 aliphatic heterocycles. The van der Waals surface area contributed by atoms with E-state index in [9.17, 15) is 4.79 Å². The van der Waals surface area contributed by atoms with E-state index in [4.69, 9.17) is 14.4 Å². The first kappa shape index (κ1) is 21.3. The number of anilines is 1. The molecule has 1 aromatic carbocycles. The molecule has 3 aromatic rings. The monoisotopic (exact) mass is 420 g/mol. The molecule has 6 nitrogen and oxygen atoms in total. The largest absolute Gasteiger partial charge is 0.459 e. The highest BCUT2D eigenvalue weighted by atomic mass is 16.3. The Morgan fingerprint density at radius 3 is 2.58 bits per heavy atom. The van der Waals surface area contributed by atoms with Crippen LogP contribution in [0, 0.1) is 11.8 Å². The third kappa shape index (κ3) is 5.43. The summed E-state index contributed by atoms with van der Waals surface area (Å²) in [5.74, 6) is 3.56. The van der Waals surface area contributed by atoms with Gasteiger partial charge in [-0.1, -0.05) is 31.4 Å². The van der Waals surface area contributed by atoms with E-state index in [1.165, 1.54) is 38.4 Å². The van der Waals surface area contributed by atoms with E-state index < -0.39 is 0 Å². The molecule has 1 aliphatic rings. The van der Waals surface area contributed by atoms with Gasteiger partial charge < -0.3 is 14.6 Å². The lowest BCUT2D eigenvalue weighted by Gasteiger charge is -2.28. The number of fused-ring (bicyclic) bond motifs is 1. The minimum atomic E-state index is -0.111. The standard InChI is InChI=1S/C25H32N4O2/c1-29(2)24-20-8-3-4-9-21(20)27-23(28-24)11-5-7-18-12-14-19(15-13-18)17-26-25(30)22-10-6-16-31-22/h3-4,6,8-10,16,18-19H,5,7,11-15,17H2,1-2H3,(H,26,30). The number of benzene rings is 1. The lowest BCUT2D eigenvalue weighted by atomic mass is 9.80. The molecule has 0 bridgehead atoms. The van der Waals surface area contributed by atoms with Crippen LogP contribution in [0.15, 0.2) is 47.1 Å². The van der Waals surface area contributed by atoms with Crippen molar-refractivity contribution in [2.75, 3.05) is 25.5 Å². The van der Waals surface area contributed by atoms with Gasteiger partial charge in [-0.25, -0.2) is 9.97 Å². The minimum Gasteiger partial charge on any atom is -0.459 e. The Bertz CT molecular complexity index is 992.